The van der Waals surface area contributed by atoms with Crippen molar-refractivity contribution in [2.45, 2.75) is 12.3 Å². The number of furan rings is 1. The Balaban J connectivity index is 1.07. The fourth-order valence-electron chi connectivity index (χ4n) is 7.74. The Kier molecular flexibility index (Phi) is 6.34. The smallest absolute Gasteiger partial charge is 0.164 e. The van der Waals surface area contributed by atoms with Crippen molar-refractivity contribution in [1.82, 2.24) is 15.0 Å². The molecule has 2 aliphatic rings. The first-order chi connectivity index (χ1) is 24.6. The largest absolute Gasteiger partial charge is 0.456 e. The highest BCUT2D eigenvalue weighted by atomic mass is 16.3. The summed E-state index contributed by atoms with van der Waals surface area (Å²) in [5.41, 5.74) is 9.43. The highest BCUT2D eigenvalue weighted by molar-refractivity contribution is 6.12. The van der Waals surface area contributed by atoms with E-state index < -0.39 is 0 Å². The van der Waals surface area contributed by atoms with Gasteiger partial charge in [-0.05, 0) is 63.4 Å². The fraction of sp³-hybridized carbons (Fsp3) is 0.0652. The summed E-state index contributed by atoms with van der Waals surface area (Å²) >= 11 is 0. The van der Waals surface area contributed by atoms with Gasteiger partial charge in [0.1, 0.15) is 11.2 Å². The molecule has 0 N–H and O–H groups in total. The second-order valence-corrected chi connectivity index (χ2v) is 13.4. The lowest BCUT2D eigenvalue weighted by atomic mass is 9.65. The predicted octanol–water partition coefficient (Wildman–Crippen LogP) is 11.6. The molecule has 8 aromatic rings. The third kappa shape index (κ3) is 4.56. The molecule has 0 spiro atoms. The molecule has 0 fully saturated rings. The minimum Gasteiger partial charge on any atom is -0.456 e. The summed E-state index contributed by atoms with van der Waals surface area (Å²) in [6, 6.07) is 44.4. The maximum Gasteiger partial charge on any atom is 0.164 e. The van der Waals surface area contributed by atoms with Crippen LogP contribution in [0.5, 0.6) is 0 Å². The lowest BCUT2D eigenvalue weighted by Gasteiger charge is -2.38. The Morgan fingerprint density at radius 2 is 1.24 bits per heavy atom. The van der Waals surface area contributed by atoms with Crippen LogP contribution in [0.15, 0.2) is 162 Å². The zero-order valence-corrected chi connectivity index (χ0v) is 27.4. The summed E-state index contributed by atoms with van der Waals surface area (Å²) in [6.07, 6.45) is 13.4. The zero-order valence-electron chi connectivity index (χ0n) is 27.4. The number of para-hydroxylation sites is 1. The van der Waals surface area contributed by atoms with Crippen molar-refractivity contribution in [3.05, 3.63) is 169 Å². The molecule has 0 aliphatic heterocycles. The van der Waals surface area contributed by atoms with Crippen LogP contribution in [0.2, 0.25) is 0 Å². The summed E-state index contributed by atoms with van der Waals surface area (Å²) in [5, 5.41) is 4.54. The van der Waals surface area contributed by atoms with Gasteiger partial charge >= 0.3 is 0 Å². The van der Waals surface area contributed by atoms with E-state index in [9.17, 15) is 0 Å². The van der Waals surface area contributed by atoms with Gasteiger partial charge in [-0.25, -0.2) is 15.0 Å². The molecule has 0 radical (unpaired) electrons. The second-order valence-electron chi connectivity index (χ2n) is 13.4. The van der Waals surface area contributed by atoms with Gasteiger partial charge in [0.15, 0.2) is 17.5 Å². The van der Waals surface area contributed by atoms with Crippen molar-refractivity contribution in [2.75, 3.05) is 0 Å². The van der Waals surface area contributed by atoms with Crippen LogP contribution in [-0.2, 0) is 5.41 Å². The molecule has 2 aliphatic carbocycles. The van der Waals surface area contributed by atoms with E-state index in [4.69, 9.17) is 19.4 Å². The summed E-state index contributed by atoms with van der Waals surface area (Å²) in [4.78, 5) is 15.1. The number of benzene rings is 6. The molecule has 2 unspecified atom stereocenters. The van der Waals surface area contributed by atoms with E-state index in [2.05, 4.69) is 122 Å². The first-order valence-electron chi connectivity index (χ1n) is 17.1. The van der Waals surface area contributed by atoms with Crippen LogP contribution in [0, 0.1) is 5.92 Å². The van der Waals surface area contributed by atoms with Crippen LogP contribution in [0.3, 0.4) is 0 Å². The minimum atomic E-state index is -0.0688. The van der Waals surface area contributed by atoms with Gasteiger partial charge in [-0.1, -0.05) is 140 Å². The molecule has 50 heavy (non-hydrogen) atoms. The lowest BCUT2D eigenvalue weighted by Crippen LogP contribution is -2.31. The average molecular weight is 642 g/mol. The molecule has 2 aromatic heterocycles. The molecule has 6 aromatic carbocycles. The number of rotatable bonds is 4. The average Bonchev–Trinajstić information content (AvgIpc) is 3.56. The first-order valence-corrected chi connectivity index (χ1v) is 17.1. The number of aromatic nitrogens is 3. The van der Waals surface area contributed by atoms with Gasteiger partial charge in [-0.15, -0.1) is 0 Å². The van der Waals surface area contributed by atoms with E-state index in [1.165, 1.54) is 11.1 Å². The van der Waals surface area contributed by atoms with Crippen molar-refractivity contribution in [3.63, 3.8) is 0 Å². The van der Waals surface area contributed by atoms with Crippen LogP contribution in [0.4, 0.5) is 0 Å². The van der Waals surface area contributed by atoms with Gasteiger partial charge < -0.3 is 4.42 Å². The molecule has 2 heterocycles. The van der Waals surface area contributed by atoms with Gasteiger partial charge in [0.05, 0.1) is 0 Å². The van der Waals surface area contributed by atoms with Gasteiger partial charge in [-0.2, -0.15) is 0 Å². The molecule has 0 saturated carbocycles. The van der Waals surface area contributed by atoms with Crippen LogP contribution >= 0.6 is 0 Å². The van der Waals surface area contributed by atoms with E-state index in [0.717, 1.165) is 60.5 Å². The van der Waals surface area contributed by atoms with E-state index in [-0.39, 0.29) is 5.41 Å². The predicted molar refractivity (Wildman–Crippen MR) is 205 cm³/mol. The zero-order chi connectivity index (χ0) is 33.2. The molecule has 4 nitrogen and oxygen atoms in total. The maximum absolute atomic E-state index is 6.18. The Bertz CT molecular complexity index is 2740. The molecule has 4 heteroatoms. The Labute approximate surface area is 289 Å². The summed E-state index contributed by atoms with van der Waals surface area (Å²) < 4.78 is 6.18. The minimum absolute atomic E-state index is 0.0688. The number of nitrogens with zero attached hydrogens (tertiary/aromatic N) is 3. The third-order valence-electron chi connectivity index (χ3n) is 10.4. The molecule has 236 valence electrons. The Hall–Kier alpha value is -6.39. The summed E-state index contributed by atoms with van der Waals surface area (Å²) in [6.45, 7) is 2.32. The summed E-state index contributed by atoms with van der Waals surface area (Å²) in [5.74, 6) is 2.31. The normalized spacial score (nSPS) is 17.7. The highest BCUT2D eigenvalue weighted by Crippen LogP contribution is 2.44. The quantitative estimate of drug-likeness (QED) is 0.192. The van der Waals surface area contributed by atoms with Crippen LogP contribution in [-0.4, -0.2) is 15.0 Å². The van der Waals surface area contributed by atoms with Crippen molar-refractivity contribution in [3.8, 4) is 45.3 Å². The topological polar surface area (TPSA) is 51.8 Å². The number of allylic oxidation sites excluding steroid dienone is 5. The van der Waals surface area contributed by atoms with Crippen molar-refractivity contribution >= 4 is 38.8 Å². The van der Waals surface area contributed by atoms with Gasteiger partial charge in [0, 0.05) is 38.8 Å². The van der Waals surface area contributed by atoms with Crippen molar-refractivity contribution < 1.29 is 4.42 Å². The molecule has 2 atom stereocenters. The number of hydrogen-bond acceptors (Lipinski definition) is 4. The SMILES string of the molecule is CC12C=CC=CC1C=Cc1cc(-c3nc(-c4ccccc4)nc(-c4ccc5cc(-c6cccc7oc8ccccc8c67)ccc5c4)n3)ccc12. The van der Waals surface area contributed by atoms with E-state index in [0.29, 0.717) is 23.4 Å². The van der Waals surface area contributed by atoms with Gasteiger partial charge in [-0.3, -0.25) is 0 Å². The van der Waals surface area contributed by atoms with Gasteiger partial charge in [0.25, 0.3) is 0 Å². The summed E-state index contributed by atoms with van der Waals surface area (Å²) in [7, 11) is 0. The molecule has 10 rings (SSSR count). The third-order valence-corrected chi connectivity index (χ3v) is 10.4. The highest BCUT2D eigenvalue weighted by Gasteiger charge is 2.35. The monoisotopic (exact) mass is 641 g/mol. The van der Waals surface area contributed by atoms with Crippen LogP contribution < -0.4 is 0 Å². The van der Waals surface area contributed by atoms with E-state index >= 15 is 0 Å². The number of fused-ring (bicyclic) bond motifs is 7. The van der Waals surface area contributed by atoms with Crippen LogP contribution in [0.25, 0.3) is 84.1 Å². The molecular weight excluding hydrogens is 611 g/mol. The fourth-order valence-corrected chi connectivity index (χ4v) is 7.74. The second kappa shape index (κ2) is 11.1. The standard InChI is InChI=1S/C46H31N3O/c1-46-25-8-7-12-36(46)23-21-33-28-35(22-24-39(33)46)45-48-43(29-10-3-2-4-11-29)47-44(49-45)34-20-18-30-26-32(19-17-31(30)27-34)37-14-9-16-41-42(37)38-13-5-6-15-40(38)50-41/h2-28,36H,1H3. The van der Waals surface area contributed by atoms with E-state index in [1.807, 2.05) is 48.5 Å². The van der Waals surface area contributed by atoms with Crippen LogP contribution in [0.1, 0.15) is 18.1 Å². The number of hydrogen-bond donors (Lipinski definition) is 0. The van der Waals surface area contributed by atoms with E-state index in [1.54, 1.807) is 0 Å². The lowest BCUT2D eigenvalue weighted by molar-refractivity contribution is 0.493. The van der Waals surface area contributed by atoms with Crippen molar-refractivity contribution in [1.29, 1.82) is 0 Å². The molecular formula is C46H31N3O. The molecule has 0 amide bonds. The maximum atomic E-state index is 6.18. The van der Waals surface area contributed by atoms with Gasteiger partial charge in [0.2, 0.25) is 0 Å². The van der Waals surface area contributed by atoms with Crippen molar-refractivity contribution in [2.24, 2.45) is 5.92 Å². The molecule has 0 saturated heterocycles. The Morgan fingerprint density at radius 1 is 0.560 bits per heavy atom. The Morgan fingerprint density at radius 3 is 2.08 bits per heavy atom. The first kappa shape index (κ1) is 28.6. The molecule has 0 bridgehead atoms.